The van der Waals surface area contributed by atoms with Crippen molar-refractivity contribution >= 4 is 32.6 Å². The second-order valence-corrected chi connectivity index (χ2v) is 10.6. The number of aliphatic hydroxyl groups excluding tert-OH is 1. The molecule has 1 atom stereocenters. The zero-order valence-electron chi connectivity index (χ0n) is 19.2. The van der Waals surface area contributed by atoms with Crippen molar-refractivity contribution in [2.75, 3.05) is 5.75 Å². The summed E-state index contributed by atoms with van der Waals surface area (Å²) in [6.07, 6.45) is 0.441. The van der Waals surface area contributed by atoms with Gasteiger partial charge in [-0.25, -0.2) is 13.2 Å². The Balaban J connectivity index is 2.33. The number of nitrogens with zero attached hydrogens (tertiary/aromatic N) is 4. The Morgan fingerprint density at radius 1 is 1.18 bits per heavy atom. The van der Waals surface area contributed by atoms with Crippen molar-refractivity contribution < 1.29 is 13.5 Å². The third kappa shape index (κ3) is 4.92. The zero-order valence-corrected chi connectivity index (χ0v) is 20.8. The lowest BCUT2D eigenvalue weighted by molar-refractivity contribution is 0.153. The number of aliphatic hydroxyl groups is 1. The van der Waals surface area contributed by atoms with E-state index in [1.807, 2.05) is 13.8 Å². The summed E-state index contributed by atoms with van der Waals surface area (Å²) in [6, 6.07) is 5.23. The van der Waals surface area contributed by atoms with Gasteiger partial charge in [-0.3, -0.25) is 13.9 Å². The van der Waals surface area contributed by atoms with E-state index in [4.69, 9.17) is 11.6 Å². The monoisotopic (exact) mass is 496 g/mol. The normalized spacial score (nSPS) is 13.0. The van der Waals surface area contributed by atoms with E-state index in [0.717, 1.165) is 15.7 Å². The van der Waals surface area contributed by atoms with Gasteiger partial charge >= 0.3 is 5.69 Å². The summed E-state index contributed by atoms with van der Waals surface area (Å²) < 4.78 is 29.7. The number of rotatable bonds is 9. The second kappa shape index (κ2) is 9.82. The third-order valence-corrected chi connectivity index (χ3v) is 7.79. The van der Waals surface area contributed by atoms with Crippen LogP contribution in [0.25, 0.3) is 11.2 Å². The smallest absolute Gasteiger partial charge is 0.332 e. The lowest BCUT2D eigenvalue weighted by Gasteiger charge is -2.13. The molecule has 3 rings (SSSR count). The van der Waals surface area contributed by atoms with E-state index >= 15 is 0 Å². The molecule has 1 aromatic carbocycles. The van der Waals surface area contributed by atoms with Crippen LogP contribution in [0.2, 0.25) is 5.02 Å². The van der Waals surface area contributed by atoms with Gasteiger partial charge in [-0.05, 0) is 49.4 Å². The van der Waals surface area contributed by atoms with Crippen LogP contribution in [0.3, 0.4) is 0 Å². The first-order valence-electron chi connectivity index (χ1n) is 10.9. The summed E-state index contributed by atoms with van der Waals surface area (Å²) >= 11 is 6.07. The van der Waals surface area contributed by atoms with Crippen molar-refractivity contribution in [2.24, 2.45) is 7.05 Å². The number of fused-ring (bicyclic) bond motifs is 1. The number of sulfone groups is 1. The molecule has 0 amide bonds. The van der Waals surface area contributed by atoms with Crippen LogP contribution >= 0.6 is 11.6 Å². The number of imidazole rings is 1. The molecule has 11 heteroatoms. The van der Waals surface area contributed by atoms with Gasteiger partial charge < -0.3 is 9.67 Å². The summed E-state index contributed by atoms with van der Waals surface area (Å²) in [6.45, 7) is 5.49. The van der Waals surface area contributed by atoms with Gasteiger partial charge in [0, 0.05) is 18.6 Å². The van der Waals surface area contributed by atoms with Gasteiger partial charge in [0.15, 0.2) is 11.2 Å². The average molecular weight is 497 g/mol. The average Bonchev–Trinajstić information content (AvgIpc) is 3.14. The Hall–Kier alpha value is -2.43. The molecule has 33 heavy (non-hydrogen) atoms. The number of halogens is 1. The molecule has 0 saturated carbocycles. The number of hydrogen-bond acceptors (Lipinski definition) is 6. The predicted octanol–water partition coefficient (Wildman–Crippen LogP) is 2.25. The Bertz CT molecular complexity index is 1400. The van der Waals surface area contributed by atoms with Gasteiger partial charge in [-0.1, -0.05) is 31.5 Å². The maximum absolute atomic E-state index is 13.4. The number of hydrogen-bond donors (Lipinski definition) is 1. The van der Waals surface area contributed by atoms with Gasteiger partial charge in [0.25, 0.3) is 5.56 Å². The second-order valence-electron chi connectivity index (χ2n) is 8.19. The Morgan fingerprint density at radius 3 is 2.48 bits per heavy atom. The molecule has 0 bridgehead atoms. The maximum Gasteiger partial charge on any atom is 0.332 e. The molecule has 1 unspecified atom stereocenters. The third-order valence-electron chi connectivity index (χ3n) is 5.74. The summed E-state index contributed by atoms with van der Waals surface area (Å²) in [4.78, 5) is 30.6. The Labute approximate surface area is 197 Å². The molecule has 0 fully saturated rings. The fourth-order valence-electron chi connectivity index (χ4n) is 3.78. The van der Waals surface area contributed by atoms with E-state index in [2.05, 4.69) is 4.98 Å². The van der Waals surface area contributed by atoms with Crippen molar-refractivity contribution in [1.29, 1.82) is 0 Å². The van der Waals surface area contributed by atoms with Crippen LogP contribution in [0.5, 0.6) is 0 Å². The van der Waals surface area contributed by atoms with Crippen molar-refractivity contribution in [3.05, 3.63) is 55.2 Å². The van der Waals surface area contributed by atoms with Crippen LogP contribution in [-0.2, 0) is 30.0 Å². The van der Waals surface area contributed by atoms with Crippen molar-refractivity contribution in [1.82, 2.24) is 18.7 Å². The van der Waals surface area contributed by atoms with Crippen LogP contribution < -0.4 is 11.2 Å². The van der Waals surface area contributed by atoms with Crippen LogP contribution in [0, 0.1) is 6.92 Å². The van der Waals surface area contributed by atoms with Gasteiger partial charge in [0.1, 0.15) is 0 Å². The van der Waals surface area contributed by atoms with Gasteiger partial charge in [-0.15, -0.1) is 0 Å². The van der Waals surface area contributed by atoms with E-state index in [1.54, 1.807) is 25.1 Å². The van der Waals surface area contributed by atoms with Gasteiger partial charge in [0.05, 0.1) is 18.4 Å². The fraction of sp³-hybridized carbons (Fsp3) is 0.500. The predicted molar refractivity (Wildman–Crippen MR) is 128 cm³/mol. The van der Waals surface area contributed by atoms with Crippen LogP contribution in [0.4, 0.5) is 0 Å². The maximum atomic E-state index is 13.4. The van der Waals surface area contributed by atoms with E-state index in [9.17, 15) is 23.1 Å². The largest absolute Gasteiger partial charge is 0.393 e. The fourth-order valence-corrected chi connectivity index (χ4v) is 5.45. The minimum atomic E-state index is -3.81. The lowest BCUT2D eigenvalue weighted by Crippen LogP contribution is -2.40. The zero-order chi connectivity index (χ0) is 24.5. The molecule has 0 aliphatic heterocycles. The lowest BCUT2D eigenvalue weighted by atomic mass is 10.1. The molecule has 180 valence electrons. The van der Waals surface area contributed by atoms with Crippen LogP contribution in [0.15, 0.2) is 32.9 Å². The Kier molecular flexibility index (Phi) is 7.50. The quantitative estimate of drug-likeness (QED) is 0.485. The summed E-state index contributed by atoms with van der Waals surface area (Å²) in [5, 5.41) is 10.2. The molecule has 9 nitrogen and oxygen atoms in total. The highest BCUT2D eigenvalue weighted by Gasteiger charge is 2.28. The van der Waals surface area contributed by atoms with Crippen molar-refractivity contribution in [2.45, 2.75) is 64.4 Å². The summed E-state index contributed by atoms with van der Waals surface area (Å²) in [5.74, 6) is -0.138. The SMILES string of the molecule is CCCS(=O)(=O)c1nc2c(c(=O)n(CCC(O)CC)c(=O)n2C)n1Cc1ccc(Cl)cc1C. The Morgan fingerprint density at radius 2 is 1.88 bits per heavy atom. The number of benzene rings is 1. The van der Waals surface area contributed by atoms with E-state index in [0.29, 0.717) is 17.9 Å². The summed E-state index contributed by atoms with van der Waals surface area (Å²) in [7, 11) is -2.35. The topological polar surface area (TPSA) is 116 Å². The standard InChI is InChI=1S/C22H29ClN4O5S/c1-5-11-33(31,32)21-24-19-18(27(21)13-15-7-8-16(23)12-14(15)3)20(29)26(22(30)25(19)4)10-9-17(28)6-2/h7-8,12,17,28H,5-6,9-11,13H2,1-4H3. The van der Waals surface area contributed by atoms with E-state index in [-0.39, 0.29) is 41.6 Å². The van der Waals surface area contributed by atoms with Gasteiger partial charge in [-0.2, -0.15) is 4.98 Å². The highest BCUT2D eigenvalue weighted by Crippen LogP contribution is 2.22. The summed E-state index contributed by atoms with van der Waals surface area (Å²) in [5.41, 5.74) is 0.411. The van der Waals surface area contributed by atoms with Gasteiger partial charge in [0.2, 0.25) is 15.0 Å². The first-order valence-corrected chi connectivity index (χ1v) is 12.9. The van der Waals surface area contributed by atoms with E-state index in [1.165, 1.54) is 16.2 Å². The molecule has 3 aromatic rings. The minimum absolute atomic E-state index is 0.0125. The number of aryl methyl sites for hydroxylation is 2. The molecular formula is C22H29ClN4O5S. The molecule has 0 spiro atoms. The molecule has 0 aliphatic rings. The molecule has 2 heterocycles. The first-order chi connectivity index (χ1) is 15.5. The highest BCUT2D eigenvalue weighted by molar-refractivity contribution is 7.91. The first kappa shape index (κ1) is 25.2. The highest BCUT2D eigenvalue weighted by atomic mass is 35.5. The van der Waals surface area contributed by atoms with Crippen LogP contribution in [-0.4, -0.2) is 44.1 Å². The molecule has 1 N–H and O–H groups in total. The molecule has 0 aliphatic carbocycles. The molecule has 2 aromatic heterocycles. The van der Waals surface area contributed by atoms with Crippen molar-refractivity contribution in [3.8, 4) is 0 Å². The molecule has 0 radical (unpaired) electrons. The van der Waals surface area contributed by atoms with E-state index < -0.39 is 27.2 Å². The minimum Gasteiger partial charge on any atom is -0.393 e. The molecular weight excluding hydrogens is 468 g/mol. The number of aromatic nitrogens is 4. The van der Waals surface area contributed by atoms with Crippen LogP contribution in [0.1, 0.15) is 44.2 Å². The van der Waals surface area contributed by atoms with Crippen molar-refractivity contribution in [3.63, 3.8) is 0 Å². The molecule has 0 saturated heterocycles.